The van der Waals surface area contributed by atoms with Crippen LogP contribution in [0.15, 0.2) is 88.6 Å². The van der Waals surface area contributed by atoms with E-state index >= 15 is 0 Å². The number of anilines is 1. The van der Waals surface area contributed by atoms with Gasteiger partial charge in [-0.15, -0.1) is 0 Å². The van der Waals surface area contributed by atoms with Crippen molar-refractivity contribution in [2.24, 2.45) is 10.1 Å². The van der Waals surface area contributed by atoms with Crippen LogP contribution in [0.1, 0.15) is 16.7 Å². The molecule has 1 aliphatic heterocycles. The standard InChI is InChI=1S/C26H24N4O3/c1-29(2)21-12-9-18(10-13-21)15-22-26(32)30(25(28-22)20-7-5-4-6-8-20)27-17-19-11-14-23(31)24(16-19)33-3/h4-17,31H,1-3H3/b22-15?,27-17+. The zero-order valence-electron chi connectivity index (χ0n) is 18.6. The highest BCUT2D eigenvalue weighted by atomic mass is 16.5. The molecule has 0 aromatic heterocycles. The fourth-order valence-electron chi connectivity index (χ4n) is 3.31. The van der Waals surface area contributed by atoms with Crippen molar-refractivity contribution >= 4 is 29.7 Å². The summed E-state index contributed by atoms with van der Waals surface area (Å²) in [6, 6.07) is 22.1. The number of nitrogens with zero attached hydrogens (tertiary/aromatic N) is 4. The van der Waals surface area contributed by atoms with Crippen LogP contribution in [0.2, 0.25) is 0 Å². The number of hydrazone groups is 1. The molecule has 0 spiro atoms. The molecule has 0 aliphatic carbocycles. The molecule has 1 aliphatic rings. The Bertz CT molecular complexity index is 1250. The predicted molar refractivity (Wildman–Crippen MR) is 131 cm³/mol. The average Bonchev–Trinajstić information content (AvgIpc) is 3.14. The van der Waals surface area contributed by atoms with E-state index in [1.54, 1.807) is 18.2 Å². The maximum absolute atomic E-state index is 13.2. The number of benzene rings is 3. The van der Waals surface area contributed by atoms with E-state index in [1.165, 1.54) is 24.4 Å². The van der Waals surface area contributed by atoms with Crippen molar-refractivity contribution in [3.8, 4) is 11.5 Å². The van der Waals surface area contributed by atoms with E-state index in [0.717, 1.165) is 16.8 Å². The molecule has 7 heteroatoms. The Labute approximate surface area is 192 Å². The molecule has 4 rings (SSSR count). The van der Waals surface area contributed by atoms with Crippen molar-refractivity contribution < 1.29 is 14.6 Å². The fourth-order valence-corrected chi connectivity index (χ4v) is 3.31. The normalized spacial score (nSPS) is 14.8. The van der Waals surface area contributed by atoms with Gasteiger partial charge in [-0.3, -0.25) is 4.79 Å². The summed E-state index contributed by atoms with van der Waals surface area (Å²) in [5.74, 6) is 0.473. The minimum absolute atomic E-state index is 0.0314. The molecule has 0 bridgehead atoms. The van der Waals surface area contributed by atoms with Gasteiger partial charge in [0.25, 0.3) is 5.91 Å². The number of ether oxygens (including phenoxy) is 1. The van der Waals surface area contributed by atoms with Crippen LogP contribution in [-0.4, -0.2) is 49.3 Å². The molecule has 7 nitrogen and oxygen atoms in total. The summed E-state index contributed by atoms with van der Waals surface area (Å²) >= 11 is 0. The molecular formula is C26H24N4O3. The molecule has 0 radical (unpaired) electrons. The highest BCUT2D eigenvalue weighted by Crippen LogP contribution is 2.26. The number of hydrogen-bond acceptors (Lipinski definition) is 6. The van der Waals surface area contributed by atoms with Crippen LogP contribution >= 0.6 is 0 Å². The van der Waals surface area contributed by atoms with Crippen molar-refractivity contribution in [2.75, 3.05) is 26.1 Å². The number of aliphatic imine (C=N–C) groups is 1. The minimum atomic E-state index is -0.326. The van der Waals surface area contributed by atoms with Gasteiger partial charge < -0.3 is 14.7 Å². The van der Waals surface area contributed by atoms with Gasteiger partial charge in [0, 0.05) is 25.3 Å². The number of carbonyl (C=O) groups excluding carboxylic acids is 1. The number of amides is 1. The maximum atomic E-state index is 13.2. The van der Waals surface area contributed by atoms with Gasteiger partial charge in [-0.1, -0.05) is 42.5 Å². The zero-order chi connectivity index (χ0) is 23.4. The van der Waals surface area contributed by atoms with Crippen molar-refractivity contribution in [3.63, 3.8) is 0 Å². The molecule has 1 amide bonds. The number of amidine groups is 1. The van der Waals surface area contributed by atoms with Crippen LogP contribution in [0.3, 0.4) is 0 Å². The van der Waals surface area contributed by atoms with Gasteiger partial charge >= 0.3 is 0 Å². The summed E-state index contributed by atoms with van der Waals surface area (Å²) in [4.78, 5) is 19.8. The Kier molecular flexibility index (Phi) is 6.22. The Morgan fingerprint density at radius 1 is 1.00 bits per heavy atom. The number of methoxy groups -OCH3 is 1. The molecule has 33 heavy (non-hydrogen) atoms. The molecule has 0 saturated heterocycles. The smallest absolute Gasteiger partial charge is 0.298 e. The summed E-state index contributed by atoms with van der Waals surface area (Å²) in [5, 5.41) is 15.5. The zero-order valence-corrected chi connectivity index (χ0v) is 18.6. The van der Waals surface area contributed by atoms with Gasteiger partial charge in [0.15, 0.2) is 17.3 Å². The number of phenolic OH excluding ortho intramolecular Hbond substituents is 1. The highest BCUT2D eigenvalue weighted by molar-refractivity contribution is 6.19. The van der Waals surface area contributed by atoms with Crippen LogP contribution in [0.25, 0.3) is 6.08 Å². The van der Waals surface area contributed by atoms with Gasteiger partial charge in [-0.05, 0) is 47.5 Å². The monoisotopic (exact) mass is 440 g/mol. The number of aromatic hydroxyl groups is 1. The number of carbonyl (C=O) groups is 1. The third kappa shape index (κ3) is 4.77. The lowest BCUT2D eigenvalue weighted by Crippen LogP contribution is -2.27. The van der Waals surface area contributed by atoms with Crippen LogP contribution in [-0.2, 0) is 4.79 Å². The van der Waals surface area contributed by atoms with E-state index in [-0.39, 0.29) is 11.7 Å². The Hall–Kier alpha value is -4.39. The SMILES string of the molecule is COc1cc(/C=N/N2C(=O)C(=Cc3ccc(N(C)C)cc3)N=C2c2ccccc2)ccc1O. The number of rotatable bonds is 6. The molecule has 0 fully saturated rings. The van der Waals surface area contributed by atoms with Crippen LogP contribution in [0, 0.1) is 0 Å². The van der Waals surface area contributed by atoms with Gasteiger partial charge in [0.05, 0.1) is 13.3 Å². The highest BCUT2D eigenvalue weighted by Gasteiger charge is 2.31. The van der Waals surface area contributed by atoms with E-state index in [4.69, 9.17) is 4.74 Å². The molecule has 1 N–H and O–H groups in total. The Morgan fingerprint density at radius 3 is 2.36 bits per heavy atom. The summed E-state index contributed by atoms with van der Waals surface area (Å²) in [5.41, 5.74) is 3.68. The number of hydrogen-bond donors (Lipinski definition) is 1. The predicted octanol–water partition coefficient (Wildman–Crippen LogP) is 4.13. The van der Waals surface area contributed by atoms with Gasteiger partial charge in [-0.25, -0.2) is 4.99 Å². The van der Waals surface area contributed by atoms with E-state index in [9.17, 15) is 9.90 Å². The van der Waals surface area contributed by atoms with Gasteiger partial charge in [0.1, 0.15) is 5.70 Å². The van der Waals surface area contributed by atoms with Crippen LogP contribution < -0.4 is 9.64 Å². The Balaban J connectivity index is 1.69. The molecular weight excluding hydrogens is 416 g/mol. The van der Waals surface area contributed by atoms with Crippen LogP contribution in [0.4, 0.5) is 5.69 Å². The van der Waals surface area contributed by atoms with Crippen molar-refractivity contribution in [3.05, 3.63) is 95.2 Å². The summed E-state index contributed by atoms with van der Waals surface area (Å²) in [7, 11) is 5.43. The quantitative estimate of drug-likeness (QED) is 0.462. The molecule has 3 aromatic rings. The second-order valence-electron chi connectivity index (χ2n) is 7.61. The van der Waals surface area contributed by atoms with Crippen LogP contribution in [0.5, 0.6) is 11.5 Å². The summed E-state index contributed by atoms with van der Waals surface area (Å²) < 4.78 is 5.15. The average molecular weight is 441 g/mol. The van der Waals surface area contributed by atoms with Crippen molar-refractivity contribution in [2.45, 2.75) is 0 Å². The first-order valence-electron chi connectivity index (χ1n) is 10.3. The molecule has 0 saturated carbocycles. The first-order valence-corrected chi connectivity index (χ1v) is 10.3. The molecule has 0 unspecified atom stereocenters. The minimum Gasteiger partial charge on any atom is -0.504 e. The van der Waals surface area contributed by atoms with Gasteiger partial charge in [-0.2, -0.15) is 10.1 Å². The fraction of sp³-hybridized carbons (Fsp3) is 0.115. The maximum Gasteiger partial charge on any atom is 0.298 e. The van der Waals surface area contributed by atoms with Crippen molar-refractivity contribution in [1.29, 1.82) is 0 Å². The second kappa shape index (κ2) is 9.40. The second-order valence-corrected chi connectivity index (χ2v) is 7.61. The first-order chi connectivity index (χ1) is 16.0. The Morgan fingerprint density at radius 2 is 1.70 bits per heavy atom. The molecule has 0 atom stereocenters. The van der Waals surface area contributed by atoms with E-state index in [1.807, 2.05) is 73.6 Å². The lowest BCUT2D eigenvalue weighted by Gasteiger charge is -2.12. The third-order valence-corrected chi connectivity index (χ3v) is 5.11. The largest absolute Gasteiger partial charge is 0.504 e. The van der Waals surface area contributed by atoms with Gasteiger partial charge in [0.2, 0.25) is 0 Å². The third-order valence-electron chi connectivity index (χ3n) is 5.11. The lowest BCUT2D eigenvalue weighted by molar-refractivity contribution is -0.122. The lowest BCUT2D eigenvalue weighted by atomic mass is 10.1. The number of phenols is 1. The van der Waals surface area contributed by atoms with E-state index < -0.39 is 0 Å². The molecule has 3 aromatic carbocycles. The topological polar surface area (TPSA) is 77.7 Å². The van der Waals surface area contributed by atoms with Crippen molar-refractivity contribution in [1.82, 2.24) is 5.01 Å². The van der Waals surface area contributed by atoms with E-state index in [2.05, 4.69) is 10.1 Å². The first kappa shape index (κ1) is 21.8. The molecule has 166 valence electrons. The molecule has 1 heterocycles. The van der Waals surface area contributed by atoms with E-state index in [0.29, 0.717) is 22.8 Å². The summed E-state index contributed by atoms with van der Waals surface area (Å²) in [6.45, 7) is 0. The summed E-state index contributed by atoms with van der Waals surface area (Å²) in [6.07, 6.45) is 3.29.